The molecule has 0 radical (unpaired) electrons. The average molecular weight is 379 g/mol. The van der Waals surface area contributed by atoms with Crippen LogP contribution in [-0.2, 0) is 19.7 Å². The molecule has 0 N–H and O–H groups in total. The molecule has 1 fully saturated rings. The van der Waals surface area contributed by atoms with Crippen LogP contribution in [0.25, 0.3) is 22.4 Å². The van der Waals surface area contributed by atoms with Crippen LogP contribution in [0.4, 0.5) is 0 Å². The van der Waals surface area contributed by atoms with Crippen molar-refractivity contribution in [2.75, 3.05) is 21.0 Å². The van der Waals surface area contributed by atoms with Gasteiger partial charge in [0.25, 0.3) is 0 Å². The van der Waals surface area contributed by atoms with E-state index in [2.05, 4.69) is 5.16 Å². The fourth-order valence-electron chi connectivity index (χ4n) is 3.37. The molecule has 1 heterocycles. The lowest BCUT2D eigenvalue weighted by molar-refractivity contribution is -0.144. The van der Waals surface area contributed by atoms with Crippen LogP contribution in [0.1, 0.15) is 18.6 Å². The van der Waals surface area contributed by atoms with Crippen molar-refractivity contribution >= 4 is 5.97 Å². The summed E-state index contributed by atoms with van der Waals surface area (Å²) >= 11 is 0. The molecule has 144 valence electrons. The topological polar surface area (TPSA) is 70.8 Å². The van der Waals surface area contributed by atoms with Crippen molar-refractivity contribution in [1.29, 1.82) is 0 Å². The van der Waals surface area contributed by atoms with Crippen LogP contribution in [-0.4, -0.2) is 32.1 Å². The number of benzene rings is 2. The summed E-state index contributed by atoms with van der Waals surface area (Å²) in [4.78, 5) is 12.4. The fourth-order valence-corrected chi connectivity index (χ4v) is 3.37. The number of carbonyl (C=O) groups is 1. The van der Waals surface area contributed by atoms with E-state index < -0.39 is 5.41 Å². The molecular formula is C22H21NO5. The van der Waals surface area contributed by atoms with E-state index >= 15 is 0 Å². The number of rotatable bonds is 7. The summed E-state index contributed by atoms with van der Waals surface area (Å²) in [6.07, 6.45) is 1.38. The Morgan fingerprint density at radius 1 is 1.04 bits per heavy atom. The van der Waals surface area contributed by atoms with Gasteiger partial charge in [-0.3, -0.25) is 4.79 Å². The Hall–Kier alpha value is -3.12. The number of hydrogen-bond donors (Lipinski definition) is 0. The molecule has 0 spiro atoms. The minimum Gasteiger partial charge on any atom is -0.468 e. The van der Waals surface area contributed by atoms with E-state index in [0.29, 0.717) is 30.0 Å². The summed E-state index contributed by atoms with van der Waals surface area (Å²) in [6.45, 7) is 0.185. The smallest absolute Gasteiger partial charge is 0.319 e. The highest BCUT2D eigenvalue weighted by Gasteiger charge is 2.57. The first-order valence-corrected chi connectivity index (χ1v) is 9.06. The Morgan fingerprint density at radius 2 is 1.75 bits per heavy atom. The number of hydrogen-bond acceptors (Lipinski definition) is 6. The van der Waals surface area contributed by atoms with Gasteiger partial charge in [0, 0.05) is 12.7 Å². The molecule has 1 saturated carbocycles. The van der Waals surface area contributed by atoms with E-state index in [0.717, 1.165) is 16.7 Å². The third kappa shape index (κ3) is 3.16. The third-order valence-corrected chi connectivity index (χ3v) is 4.99. The molecule has 6 heteroatoms. The van der Waals surface area contributed by atoms with Gasteiger partial charge in [0.1, 0.15) is 16.9 Å². The van der Waals surface area contributed by atoms with E-state index in [4.69, 9.17) is 18.7 Å². The standard InChI is InChI=1S/C22H21NO5/c1-25-14-27-17-10-8-16(9-11-17)19-18(15-6-4-3-5-7-15)20(28-23-19)22(12-13-22)21(24)26-2/h3-11H,12-14H2,1-2H3. The van der Waals surface area contributed by atoms with Gasteiger partial charge in [0.2, 0.25) is 0 Å². The summed E-state index contributed by atoms with van der Waals surface area (Å²) in [5, 5.41) is 4.33. The second kappa shape index (κ2) is 7.48. The molecule has 1 aromatic heterocycles. The maximum absolute atomic E-state index is 12.4. The van der Waals surface area contributed by atoms with E-state index in [1.54, 1.807) is 7.11 Å². The molecule has 2 aromatic carbocycles. The Balaban J connectivity index is 1.79. The van der Waals surface area contributed by atoms with Crippen LogP contribution in [0.2, 0.25) is 0 Å². The second-order valence-electron chi connectivity index (χ2n) is 6.75. The molecule has 1 aliphatic rings. The molecule has 3 aromatic rings. The van der Waals surface area contributed by atoms with Crippen molar-refractivity contribution in [3.05, 3.63) is 60.4 Å². The van der Waals surface area contributed by atoms with Crippen LogP contribution < -0.4 is 4.74 Å². The van der Waals surface area contributed by atoms with Gasteiger partial charge >= 0.3 is 5.97 Å². The third-order valence-electron chi connectivity index (χ3n) is 4.99. The number of carbonyl (C=O) groups excluding carboxylic acids is 1. The molecule has 0 amide bonds. The predicted molar refractivity (Wildman–Crippen MR) is 103 cm³/mol. The quantitative estimate of drug-likeness (QED) is 0.453. The Kier molecular flexibility index (Phi) is 4.88. The van der Waals surface area contributed by atoms with Gasteiger partial charge in [0.05, 0.1) is 12.7 Å². The van der Waals surface area contributed by atoms with Crippen molar-refractivity contribution in [1.82, 2.24) is 5.16 Å². The number of ether oxygens (including phenoxy) is 3. The summed E-state index contributed by atoms with van der Waals surface area (Å²) in [5.41, 5.74) is 2.60. The van der Waals surface area contributed by atoms with Gasteiger partial charge < -0.3 is 18.7 Å². The van der Waals surface area contributed by atoms with Gasteiger partial charge in [-0.05, 0) is 42.7 Å². The molecule has 28 heavy (non-hydrogen) atoms. The van der Waals surface area contributed by atoms with Crippen molar-refractivity contribution in [2.45, 2.75) is 18.3 Å². The molecule has 0 aliphatic heterocycles. The maximum atomic E-state index is 12.4. The lowest BCUT2D eigenvalue weighted by Gasteiger charge is -2.12. The SMILES string of the molecule is COCOc1ccc(-c2noc(C3(C(=O)OC)CC3)c2-c2ccccc2)cc1. The summed E-state index contributed by atoms with van der Waals surface area (Å²) in [7, 11) is 2.98. The van der Waals surface area contributed by atoms with Crippen LogP contribution in [0.3, 0.4) is 0 Å². The number of nitrogens with zero attached hydrogens (tertiary/aromatic N) is 1. The van der Waals surface area contributed by atoms with Gasteiger partial charge in [-0.25, -0.2) is 0 Å². The molecule has 1 aliphatic carbocycles. The lowest BCUT2D eigenvalue weighted by atomic mass is 9.92. The highest BCUT2D eigenvalue weighted by atomic mass is 16.7. The predicted octanol–water partition coefficient (Wildman–Crippen LogP) is 4.20. The van der Waals surface area contributed by atoms with E-state index in [1.165, 1.54) is 7.11 Å². The van der Waals surface area contributed by atoms with E-state index in [9.17, 15) is 4.79 Å². The molecule has 4 rings (SSSR count). The van der Waals surface area contributed by atoms with Crippen molar-refractivity contribution in [2.24, 2.45) is 0 Å². The van der Waals surface area contributed by atoms with Gasteiger partial charge in [-0.15, -0.1) is 0 Å². The van der Waals surface area contributed by atoms with E-state index in [-0.39, 0.29) is 12.8 Å². The Labute approximate surface area is 163 Å². The second-order valence-corrected chi connectivity index (χ2v) is 6.75. The first-order chi connectivity index (χ1) is 13.7. The Morgan fingerprint density at radius 3 is 2.36 bits per heavy atom. The molecule has 0 bridgehead atoms. The van der Waals surface area contributed by atoms with Crippen LogP contribution in [0.5, 0.6) is 5.75 Å². The molecule has 0 saturated heterocycles. The van der Waals surface area contributed by atoms with Crippen molar-refractivity contribution < 1.29 is 23.5 Å². The molecular weight excluding hydrogens is 358 g/mol. The van der Waals surface area contributed by atoms with Crippen molar-refractivity contribution in [3.63, 3.8) is 0 Å². The highest BCUT2D eigenvalue weighted by Crippen LogP contribution is 2.54. The van der Waals surface area contributed by atoms with Gasteiger partial charge in [-0.1, -0.05) is 35.5 Å². The summed E-state index contributed by atoms with van der Waals surface area (Å²) < 4.78 is 21.2. The zero-order valence-corrected chi connectivity index (χ0v) is 15.8. The lowest BCUT2D eigenvalue weighted by Crippen LogP contribution is -2.22. The largest absolute Gasteiger partial charge is 0.468 e. The summed E-state index contributed by atoms with van der Waals surface area (Å²) in [6, 6.07) is 17.4. The maximum Gasteiger partial charge on any atom is 0.319 e. The molecule has 6 nitrogen and oxygen atoms in total. The highest BCUT2D eigenvalue weighted by molar-refractivity contribution is 5.92. The molecule has 0 atom stereocenters. The number of aromatic nitrogens is 1. The zero-order chi connectivity index (χ0) is 19.6. The first-order valence-electron chi connectivity index (χ1n) is 9.06. The molecule has 0 unspecified atom stereocenters. The fraction of sp³-hybridized carbons (Fsp3) is 0.273. The minimum atomic E-state index is -0.743. The monoisotopic (exact) mass is 379 g/mol. The average Bonchev–Trinajstić information content (AvgIpc) is 3.44. The van der Waals surface area contributed by atoms with Crippen LogP contribution in [0.15, 0.2) is 59.1 Å². The van der Waals surface area contributed by atoms with Gasteiger partial charge in [0.15, 0.2) is 12.6 Å². The zero-order valence-electron chi connectivity index (χ0n) is 15.8. The first kappa shape index (κ1) is 18.3. The van der Waals surface area contributed by atoms with Crippen LogP contribution >= 0.6 is 0 Å². The van der Waals surface area contributed by atoms with E-state index in [1.807, 2.05) is 54.6 Å². The van der Waals surface area contributed by atoms with Gasteiger partial charge in [-0.2, -0.15) is 0 Å². The number of esters is 1. The van der Waals surface area contributed by atoms with Crippen molar-refractivity contribution in [3.8, 4) is 28.1 Å². The normalized spacial score (nSPS) is 14.5. The minimum absolute atomic E-state index is 0.185. The van der Waals surface area contributed by atoms with Crippen LogP contribution in [0, 0.1) is 0 Å². The Bertz CT molecular complexity index is 958. The summed E-state index contributed by atoms with van der Waals surface area (Å²) in [5.74, 6) is 0.986. The number of methoxy groups -OCH3 is 2.